The van der Waals surface area contributed by atoms with E-state index in [1.165, 1.54) is 6.42 Å². The van der Waals surface area contributed by atoms with Gasteiger partial charge in [0.25, 0.3) is 5.91 Å². The third-order valence-electron chi connectivity index (χ3n) is 8.21. The van der Waals surface area contributed by atoms with E-state index < -0.39 is 11.6 Å². The maximum absolute atomic E-state index is 14.2. The van der Waals surface area contributed by atoms with E-state index in [0.29, 0.717) is 23.5 Å². The highest BCUT2D eigenvalue weighted by atomic mass is 19.1. The molecule has 0 aromatic carbocycles. The summed E-state index contributed by atoms with van der Waals surface area (Å²) in [5.74, 6) is 1.61. The predicted octanol–water partition coefficient (Wildman–Crippen LogP) is 3.73. The maximum Gasteiger partial charge on any atom is 0.263 e. The van der Waals surface area contributed by atoms with E-state index in [4.69, 9.17) is 10.1 Å². The largest absolute Gasteiger partial charge is 0.370 e. The number of aromatic nitrogens is 5. The highest BCUT2D eigenvalue weighted by Crippen LogP contribution is 2.41. The average Bonchev–Trinajstić information content (AvgIpc) is 3.52. The van der Waals surface area contributed by atoms with E-state index in [-0.39, 0.29) is 12.8 Å². The van der Waals surface area contributed by atoms with Crippen molar-refractivity contribution in [3.8, 4) is 11.4 Å². The van der Waals surface area contributed by atoms with Crippen LogP contribution in [0.15, 0.2) is 36.8 Å². The third kappa shape index (κ3) is 4.07. The van der Waals surface area contributed by atoms with Crippen LogP contribution in [0.5, 0.6) is 0 Å². The van der Waals surface area contributed by atoms with Gasteiger partial charge in [-0.15, -0.1) is 5.10 Å². The van der Waals surface area contributed by atoms with Gasteiger partial charge < -0.3 is 15.1 Å². The summed E-state index contributed by atoms with van der Waals surface area (Å²) in [7, 11) is 2.22. The summed E-state index contributed by atoms with van der Waals surface area (Å²) in [6.07, 6.45) is 8.09. The molecule has 1 saturated carbocycles. The highest BCUT2D eigenvalue weighted by Gasteiger charge is 2.51. The molecule has 2 unspecified atom stereocenters. The molecule has 1 amide bonds. The van der Waals surface area contributed by atoms with Crippen LogP contribution in [-0.4, -0.2) is 74.3 Å². The van der Waals surface area contributed by atoms with Gasteiger partial charge in [-0.25, -0.2) is 18.9 Å². The number of halogens is 1. The fourth-order valence-corrected chi connectivity index (χ4v) is 6.21. The molecule has 2 bridgehead atoms. The number of nitrogens with one attached hydrogen (secondary N) is 1. The molecule has 1 aliphatic carbocycles. The summed E-state index contributed by atoms with van der Waals surface area (Å²) in [4.78, 5) is 31.1. The molecule has 4 aromatic rings. The average molecular weight is 515 g/mol. The minimum Gasteiger partial charge on any atom is -0.370 e. The lowest BCUT2D eigenvalue weighted by atomic mass is 9.85. The molecular weight excluding hydrogens is 483 g/mol. The number of fused-ring (bicyclic) bond motifs is 4. The van der Waals surface area contributed by atoms with Crippen molar-refractivity contribution in [2.24, 2.45) is 11.8 Å². The van der Waals surface area contributed by atoms with Crippen molar-refractivity contribution in [2.75, 3.05) is 43.4 Å². The molecule has 196 valence electrons. The lowest BCUT2D eigenvalue weighted by Gasteiger charge is -2.45. The summed E-state index contributed by atoms with van der Waals surface area (Å²) >= 11 is 0. The van der Waals surface area contributed by atoms with Gasteiger partial charge in [0.2, 0.25) is 0 Å². The number of alkyl halides is 1. The van der Waals surface area contributed by atoms with Crippen molar-refractivity contribution < 1.29 is 9.18 Å². The molecule has 38 heavy (non-hydrogen) atoms. The van der Waals surface area contributed by atoms with E-state index >= 15 is 0 Å². The smallest absolute Gasteiger partial charge is 0.263 e. The van der Waals surface area contributed by atoms with E-state index in [1.807, 2.05) is 17.5 Å². The van der Waals surface area contributed by atoms with Crippen LogP contribution in [0.2, 0.25) is 0 Å². The van der Waals surface area contributed by atoms with Crippen LogP contribution in [0, 0.1) is 11.8 Å². The number of nitrogens with zero attached hydrogens (tertiary/aromatic N) is 7. The number of amides is 1. The number of rotatable bonds is 5. The summed E-state index contributed by atoms with van der Waals surface area (Å²) in [6.45, 7) is 6.46. The normalized spacial score (nSPS) is 22.7. The fourth-order valence-electron chi connectivity index (χ4n) is 6.21. The van der Waals surface area contributed by atoms with E-state index in [0.717, 1.165) is 66.0 Å². The van der Waals surface area contributed by atoms with E-state index in [1.54, 1.807) is 18.5 Å². The molecule has 10 heteroatoms. The van der Waals surface area contributed by atoms with Crippen molar-refractivity contribution in [3.05, 3.63) is 42.5 Å². The minimum atomic E-state index is -1.77. The summed E-state index contributed by atoms with van der Waals surface area (Å²) in [5, 5.41) is 9.17. The van der Waals surface area contributed by atoms with Crippen LogP contribution in [0.25, 0.3) is 27.8 Å². The van der Waals surface area contributed by atoms with E-state index in [9.17, 15) is 9.18 Å². The van der Waals surface area contributed by atoms with Gasteiger partial charge in [-0.05, 0) is 62.8 Å². The SMILES string of the molecule is CCc1ncc(-c2nc3ccc(N4CC5CC(CN(C)C5)C4)cn3n2)c2cc(NC(=O)C3(F)CC3)ncc12. The number of aryl methyl sites for hydroxylation is 1. The second kappa shape index (κ2) is 8.69. The molecule has 9 nitrogen and oxygen atoms in total. The predicted molar refractivity (Wildman–Crippen MR) is 144 cm³/mol. The number of pyridine rings is 3. The van der Waals surface area contributed by atoms with Gasteiger partial charge in [-0.1, -0.05) is 6.92 Å². The molecule has 3 aliphatic rings. The molecule has 0 radical (unpaired) electrons. The molecule has 2 saturated heterocycles. The molecule has 2 aliphatic heterocycles. The quantitative estimate of drug-likeness (QED) is 0.434. The fraction of sp³-hybridized carbons (Fsp3) is 0.464. The lowest BCUT2D eigenvalue weighted by molar-refractivity contribution is -0.122. The molecule has 4 aromatic heterocycles. The van der Waals surface area contributed by atoms with Crippen LogP contribution in [0.4, 0.5) is 15.9 Å². The Balaban J connectivity index is 1.24. The molecule has 7 rings (SSSR count). The van der Waals surface area contributed by atoms with Crippen molar-refractivity contribution in [2.45, 2.75) is 38.3 Å². The molecule has 3 fully saturated rings. The second-order valence-corrected chi connectivity index (χ2v) is 11.2. The Bertz CT molecular complexity index is 1550. The summed E-state index contributed by atoms with van der Waals surface area (Å²) in [5.41, 5.74) is 1.79. The van der Waals surface area contributed by atoms with Gasteiger partial charge >= 0.3 is 0 Å². The molecular formula is C28H31FN8O. The van der Waals surface area contributed by atoms with Crippen LogP contribution in [-0.2, 0) is 11.2 Å². The van der Waals surface area contributed by atoms with Crippen molar-refractivity contribution >= 4 is 33.8 Å². The number of likely N-dealkylation sites (tertiary alicyclic amines) is 1. The topological polar surface area (TPSA) is 91.5 Å². The Morgan fingerprint density at radius 2 is 1.89 bits per heavy atom. The Morgan fingerprint density at radius 3 is 2.63 bits per heavy atom. The zero-order valence-corrected chi connectivity index (χ0v) is 21.7. The summed E-state index contributed by atoms with van der Waals surface area (Å²) in [6, 6.07) is 5.93. The monoisotopic (exact) mass is 514 g/mol. The Hall–Kier alpha value is -3.66. The molecule has 2 atom stereocenters. The Morgan fingerprint density at radius 1 is 1.11 bits per heavy atom. The number of carbonyl (C=O) groups is 1. The first-order valence-electron chi connectivity index (χ1n) is 13.5. The first-order valence-corrected chi connectivity index (χ1v) is 13.5. The Kier molecular flexibility index (Phi) is 5.36. The third-order valence-corrected chi connectivity index (χ3v) is 8.21. The Labute approximate surface area is 220 Å². The van der Waals surface area contributed by atoms with Gasteiger partial charge in [-0.3, -0.25) is 9.78 Å². The zero-order chi connectivity index (χ0) is 26.0. The molecule has 1 N–H and O–H groups in total. The minimum absolute atomic E-state index is 0.254. The van der Waals surface area contributed by atoms with Gasteiger partial charge in [0, 0.05) is 60.6 Å². The number of hydrogen-bond acceptors (Lipinski definition) is 7. The number of anilines is 2. The van der Waals surface area contributed by atoms with Gasteiger partial charge in [0.1, 0.15) is 5.82 Å². The number of piperidine rings is 2. The van der Waals surface area contributed by atoms with Crippen LogP contribution >= 0.6 is 0 Å². The number of hydrogen-bond donors (Lipinski definition) is 1. The van der Waals surface area contributed by atoms with Crippen molar-refractivity contribution in [3.63, 3.8) is 0 Å². The first-order chi connectivity index (χ1) is 18.4. The highest BCUT2D eigenvalue weighted by molar-refractivity contribution is 6.02. The second-order valence-electron chi connectivity index (χ2n) is 11.2. The lowest BCUT2D eigenvalue weighted by Crippen LogP contribution is -2.51. The molecule has 0 spiro atoms. The van der Waals surface area contributed by atoms with Gasteiger partial charge in [0.05, 0.1) is 11.9 Å². The van der Waals surface area contributed by atoms with Crippen molar-refractivity contribution in [1.29, 1.82) is 0 Å². The standard InChI is InChI=1S/C28H31FN8O/c1-3-23-21-10-31-24(32-27(38)28(29)6-7-28)9-20(21)22(11-30-23)26-33-25-5-4-19(16-37(25)34-26)36-14-17-8-18(15-36)13-35(2)12-17/h4-5,9-11,16-18H,3,6-8,12-15H2,1-2H3,(H,31,32,38). The summed E-state index contributed by atoms with van der Waals surface area (Å²) < 4.78 is 16.1. The van der Waals surface area contributed by atoms with Crippen LogP contribution in [0.3, 0.4) is 0 Å². The van der Waals surface area contributed by atoms with Crippen LogP contribution < -0.4 is 10.2 Å². The first kappa shape index (κ1) is 23.5. The number of carbonyl (C=O) groups excluding carboxylic acids is 1. The molecule has 6 heterocycles. The van der Waals surface area contributed by atoms with Crippen LogP contribution in [0.1, 0.15) is 31.9 Å². The van der Waals surface area contributed by atoms with Crippen molar-refractivity contribution in [1.82, 2.24) is 29.5 Å². The van der Waals surface area contributed by atoms with E-state index in [2.05, 4.69) is 44.4 Å². The maximum atomic E-state index is 14.2. The van der Waals surface area contributed by atoms with Gasteiger partial charge in [-0.2, -0.15) is 0 Å². The zero-order valence-electron chi connectivity index (χ0n) is 21.7. The van der Waals surface area contributed by atoms with Gasteiger partial charge in [0.15, 0.2) is 17.1 Å².